The summed E-state index contributed by atoms with van der Waals surface area (Å²) in [6.45, 7) is 20.6. The Hall–Kier alpha value is -1.61. The molecule has 9 heteroatoms. The van der Waals surface area contributed by atoms with Crippen LogP contribution in [-0.2, 0) is 23.5 Å². The number of carbonyl (C=O) groups is 3. The van der Waals surface area contributed by atoms with Gasteiger partial charge in [-0.3, -0.25) is 9.59 Å². The number of amides is 2. The van der Waals surface area contributed by atoms with Crippen molar-refractivity contribution in [2.45, 2.75) is 104 Å². The van der Waals surface area contributed by atoms with Gasteiger partial charge < -0.3 is 24.5 Å². The zero-order valence-corrected chi connectivity index (χ0v) is 20.9. The molecule has 0 aromatic rings. The van der Waals surface area contributed by atoms with E-state index >= 15 is 0 Å². The predicted molar refractivity (Wildman–Crippen MR) is 115 cm³/mol. The minimum atomic E-state index is -2.18. The summed E-state index contributed by atoms with van der Waals surface area (Å²) in [5, 5.41) is 5.28. The van der Waals surface area contributed by atoms with Crippen LogP contribution in [0.2, 0.25) is 18.1 Å². The summed E-state index contributed by atoms with van der Waals surface area (Å²) in [4.78, 5) is 36.2. The van der Waals surface area contributed by atoms with Crippen LogP contribution < -0.4 is 10.6 Å². The van der Waals surface area contributed by atoms with Crippen LogP contribution >= 0.6 is 0 Å². The maximum Gasteiger partial charge on any atom is 0.408 e. The predicted octanol–water partition coefficient (Wildman–Crippen LogP) is 3.36. The van der Waals surface area contributed by atoms with E-state index in [9.17, 15) is 14.4 Å². The average molecular weight is 433 g/mol. The summed E-state index contributed by atoms with van der Waals surface area (Å²) in [5.41, 5.74) is -0.696. The third-order valence-corrected chi connectivity index (χ3v) is 9.22. The van der Waals surface area contributed by atoms with Crippen LogP contribution in [0.5, 0.6) is 0 Å². The van der Waals surface area contributed by atoms with Crippen LogP contribution in [0.1, 0.15) is 62.3 Å². The Morgan fingerprint density at radius 2 is 1.52 bits per heavy atom. The quantitative estimate of drug-likeness (QED) is 0.450. The van der Waals surface area contributed by atoms with Crippen molar-refractivity contribution in [3.05, 3.63) is 0 Å². The molecule has 3 atom stereocenters. The SMILES string of the molecule is CC(=O)O[C@@H](C)CNC(=O)[C@@H](NC(=O)OC(C)(C)C)[C@@H](C)O[Si](C)(C)C(C)(C)C. The van der Waals surface area contributed by atoms with Crippen molar-refractivity contribution in [3.8, 4) is 0 Å². The lowest BCUT2D eigenvalue weighted by Crippen LogP contribution is -2.57. The summed E-state index contributed by atoms with van der Waals surface area (Å²) in [6, 6.07) is -0.955. The van der Waals surface area contributed by atoms with Gasteiger partial charge in [0.25, 0.3) is 0 Å². The van der Waals surface area contributed by atoms with Gasteiger partial charge in [0.05, 0.1) is 12.6 Å². The van der Waals surface area contributed by atoms with Gasteiger partial charge in [-0.15, -0.1) is 0 Å². The number of ether oxygens (including phenoxy) is 2. The molecule has 0 bridgehead atoms. The van der Waals surface area contributed by atoms with Crippen molar-refractivity contribution in [2.75, 3.05) is 6.54 Å². The number of esters is 1. The molecule has 0 spiro atoms. The van der Waals surface area contributed by atoms with Gasteiger partial charge in [0, 0.05) is 6.92 Å². The second kappa shape index (κ2) is 10.4. The van der Waals surface area contributed by atoms with Gasteiger partial charge in [-0.05, 0) is 52.8 Å². The zero-order valence-electron chi connectivity index (χ0n) is 19.9. The molecule has 170 valence electrons. The third kappa shape index (κ3) is 10.6. The lowest BCUT2D eigenvalue weighted by molar-refractivity contribution is -0.146. The monoisotopic (exact) mass is 432 g/mol. The highest BCUT2D eigenvalue weighted by atomic mass is 28.4. The largest absolute Gasteiger partial charge is 0.461 e. The van der Waals surface area contributed by atoms with Gasteiger partial charge in [-0.25, -0.2) is 4.79 Å². The second-order valence-electron chi connectivity index (χ2n) is 9.87. The summed E-state index contributed by atoms with van der Waals surface area (Å²) in [7, 11) is -2.18. The van der Waals surface area contributed by atoms with Gasteiger partial charge >= 0.3 is 12.1 Å². The normalized spacial score (nSPS) is 15.7. The molecule has 0 aliphatic heterocycles. The number of alkyl carbamates (subject to hydrolysis) is 1. The zero-order chi connectivity index (χ0) is 23.2. The highest BCUT2D eigenvalue weighted by molar-refractivity contribution is 6.74. The molecule has 0 fully saturated rings. The van der Waals surface area contributed by atoms with E-state index in [2.05, 4.69) is 44.5 Å². The fraction of sp³-hybridized carbons (Fsp3) is 0.850. The fourth-order valence-electron chi connectivity index (χ4n) is 2.22. The van der Waals surface area contributed by atoms with Gasteiger partial charge in [0.1, 0.15) is 17.7 Å². The Balaban J connectivity index is 5.35. The Morgan fingerprint density at radius 1 is 1.00 bits per heavy atom. The van der Waals surface area contributed by atoms with E-state index in [1.54, 1.807) is 34.6 Å². The molecular weight excluding hydrogens is 392 g/mol. The highest BCUT2D eigenvalue weighted by Gasteiger charge is 2.41. The van der Waals surface area contributed by atoms with Crippen molar-refractivity contribution in [1.82, 2.24) is 10.6 Å². The van der Waals surface area contributed by atoms with Gasteiger partial charge in [0.2, 0.25) is 5.91 Å². The number of nitrogens with one attached hydrogen (secondary N) is 2. The summed E-state index contributed by atoms with van der Waals surface area (Å²) in [6.07, 6.45) is -1.76. The highest BCUT2D eigenvalue weighted by Crippen LogP contribution is 2.37. The van der Waals surface area contributed by atoms with Gasteiger partial charge in [-0.2, -0.15) is 0 Å². The van der Waals surface area contributed by atoms with E-state index in [-0.39, 0.29) is 11.6 Å². The molecule has 0 aliphatic carbocycles. The smallest absolute Gasteiger partial charge is 0.408 e. The first-order chi connectivity index (χ1) is 12.9. The molecule has 0 aromatic carbocycles. The van der Waals surface area contributed by atoms with E-state index in [1.807, 2.05) is 0 Å². The standard InChI is InChI=1S/C20H40N2O6Si/c1-13(26-15(3)23)12-21-17(24)16(22-18(25)27-19(4,5)6)14(2)28-29(10,11)20(7,8)9/h13-14,16H,12H2,1-11H3,(H,21,24)(H,22,25)/t13-,14+,16-/m0/s1. The first-order valence-corrected chi connectivity index (χ1v) is 12.9. The number of carbonyl (C=O) groups excluding carboxylic acids is 3. The van der Waals surface area contributed by atoms with Crippen molar-refractivity contribution >= 4 is 26.3 Å². The van der Waals surface area contributed by atoms with Crippen molar-refractivity contribution in [3.63, 3.8) is 0 Å². The molecule has 2 amide bonds. The summed E-state index contributed by atoms with van der Waals surface area (Å²) >= 11 is 0. The molecular formula is C20H40N2O6Si. The first kappa shape index (κ1) is 27.4. The minimum absolute atomic E-state index is 0.0575. The van der Waals surface area contributed by atoms with Gasteiger partial charge in [0.15, 0.2) is 8.32 Å². The van der Waals surface area contributed by atoms with E-state index < -0.39 is 50.1 Å². The van der Waals surface area contributed by atoms with Gasteiger partial charge in [-0.1, -0.05) is 20.8 Å². The Morgan fingerprint density at radius 3 is 1.93 bits per heavy atom. The molecule has 0 aliphatic rings. The maximum absolute atomic E-state index is 12.8. The van der Waals surface area contributed by atoms with Crippen molar-refractivity contribution in [2.24, 2.45) is 0 Å². The van der Waals surface area contributed by atoms with E-state index in [4.69, 9.17) is 13.9 Å². The lowest BCUT2D eigenvalue weighted by Gasteiger charge is -2.40. The topological polar surface area (TPSA) is 103 Å². The lowest BCUT2D eigenvalue weighted by atomic mass is 10.1. The molecule has 0 radical (unpaired) electrons. The molecule has 0 rings (SSSR count). The Labute approximate surface area is 176 Å². The second-order valence-corrected chi connectivity index (χ2v) is 14.6. The molecule has 0 aromatic heterocycles. The number of hydrogen-bond acceptors (Lipinski definition) is 6. The van der Waals surface area contributed by atoms with Crippen LogP contribution in [0.4, 0.5) is 4.79 Å². The first-order valence-electron chi connectivity index (χ1n) is 9.98. The van der Waals surface area contributed by atoms with Crippen LogP contribution in [0, 0.1) is 0 Å². The molecule has 0 heterocycles. The maximum atomic E-state index is 12.8. The molecule has 8 nitrogen and oxygen atoms in total. The average Bonchev–Trinajstić information content (AvgIpc) is 2.46. The molecule has 0 saturated carbocycles. The molecule has 29 heavy (non-hydrogen) atoms. The van der Waals surface area contributed by atoms with E-state index in [0.29, 0.717) is 0 Å². The fourth-order valence-corrected chi connectivity index (χ4v) is 3.64. The summed E-state index contributed by atoms with van der Waals surface area (Å²) in [5.74, 6) is -0.856. The number of hydrogen-bond donors (Lipinski definition) is 2. The summed E-state index contributed by atoms with van der Waals surface area (Å²) < 4.78 is 16.6. The van der Waals surface area contributed by atoms with Crippen LogP contribution in [0.15, 0.2) is 0 Å². The van der Waals surface area contributed by atoms with Crippen LogP contribution in [-0.4, -0.2) is 56.7 Å². The Kier molecular flexibility index (Phi) is 9.85. The Bertz CT molecular complexity index is 581. The minimum Gasteiger partial charge on any atom is -0.461 e. The van der Waals surface area contributed by atoms with Crippen molar-refractivity contribution < 1.29 is 28.3 Å². The molecule has 0 unspecified atom stereocenters. The third-order valence-electron chi connectivity index (χ3n) is 4.64. The molecule has 0 saturated heterocycles. The van der Waals surface area contributed by atoms with Crippen LogP contribution in [0.3, 0.4) is 0 Å². The van der Waals surface area contributed by atoms with E-state index in [1.165, 1.54) is 6.92 Å². The van der Waals surface area contributed by atoms with Crippen LogP contribution in [0.25, 0.3) is 0 Å². The van der Waals surface area contributed by atoms with Crippen molar-refractivity contribution in [1.29, 1.82) is 0 Å². The number of rotatable bonds is 8. The molecule has 2 N–H and O–H groups in total. The van der Waals surface area contributed by atoms with E-state index in [0.717, 1.165) is 0 Å².